The van der Waals surface area contributed by atoms with E-state index in [4.69, 9.17) is 16.7 Å². The number of aliphatic hydroxyl groups excluding tert-OH is 1. The van der Waals surface area contributed by atoms with Crippen molar-refractivity contribution in [3.05, 3.63) is 32.8 Å². The third-order valence-electron chi connectivity index (χ3n) is 1.71. The van der Waals surface area contributed by atoms with Gasteiger partial charge in [-0.3, -0.25) is 0 Å². The zero-order valence-electron chi connectivity index (χ0n) is 7.59. The van der Waals surface area contributed by atoms with E-state index in [2.05, 4.69) is 15.9 Å². The van der Waals surface area contributed by atoms with Crippen LogP contribution in [0.25, 0.3) is 6.08 Å². The molecule has 1 aromatic carbocycles. The SMILES string of the molecule is C/C(=C\c1cc(Cl)cc(Br)c1O)CO. The van der Waals surface area contributed by atoms with Crippen molar-refractivity contribution in [1.29, 1.82) is 0 Å². The fourth-order valence-electron chi connectivity index (χ4n) is 1.01. The molecule has 0 heterocycles. The number of aromatic hydroxyl groups is 1. The summed E-state index contributed by atoms with van der Waals surface area (Å²) in [6, 6.07) is 3.25. The number of phenols is 1. The summed E-state index contributed by atoms with van der Waals surface area (Å²) >= 11 is 9.00. The van der Waals surface area contributed by atoms with Gasteiger partial charge in [0.05, 0.1) is 11.1 Å². The van der Waals surface area contributed by atoms with E-state index in [0.717, 1.165) is 5.57 Å². The Hall–Kier alpha value is -0.510. The minimum atomic E-state index is -0.0381. The van der Waals surface area contributed by atoms with Gasteiger partial charge < -0.3 is 10.2 Å². The molecular weight excluding hydrogens is 267 g/mol. The van der Waals surface area contributed by atoms with Crippen molar-refractivity contribution in [1.82, 2.24) is 0 Å². The van der Waals surface area contributed by atoms with Crippen molar-refractivity contribution in [3.63, 3.8) is 0 Å². The maximum Gasteiger partial charge on any atom is 0.137 e. The first kappa shape index (κ1) is 11.6. The number of halogens is 2. The molecule has 0 aliphatic carbocycles. The van der Waals surface area contributed by atoms with Gasteiger partial charge in [-0.2, -0.15) is 0 Å². The van der Waals surface area contributed by atoms with Gasteiger partial charge in [-0.05, 0) is 46.6 Å². The Kier molecular flexibility index (Phi) is 3.98. The van der Waals surface area contributed by atoms with E-state index in [0.29, 0.717) is 15.1 Å². The van der Waals surface area contributed by atoms with Crippen LogP contribution in [-0.2, 0) is 0 Å². The summed E-state index contributed by atoms with van der Waals surface area (Å²) in [4.78, 5) is 0. The average Bonchev–Trinajstić information content (AvgIpc) is 2.13. The van der Waals surface area contributed by atoms with Crippen molar-refractivity contribution in [2.24, 2.45) is 0 Å². The molecule has 0 radical (unpaired) electrons. The molecule has 0 fully saturated rings. The molecule has 0 aromatic heterocycles. The van der Waals surface area contributed by atoms with Crippen molar-refractivity contribution < 1.29 is 10.2 Å². The van der Waals surface area contributed by atoms with E-state index in [1.54, 1.807) is 25.1 Å². The molecule has 1 rings (SSSR count). The van der Waals surface area contributed by atoms with Crippen LogP contribution in [0.2, 0.25) is 5.02 Å². The number of aliphatic hydroxyl groups is 1. The Morgan fingerprint density at radius 3 is 2.79 bits per heavy atom. The molecule has 2 N–H and O–H groups in total. The second kappa shape index (κ2) is 4.82. The standard InChI is InChI=1S/C10H10BrClO2/c1-6(5-13)2-7-3-8(12)4-9(11)10(7)14/h2-4,13-14H,5H2,1H3/b6-2+. The number of benzene rings is 1. The Morgan fingerprint density at radius 1 is 1.57 bits per heavy atom. The van der Waals surface area contributed by atoms with Gasteiger partial charge in [0.25, 0.3) is 0 Å². The van der Waals surface area contributed by atoms with Crippen LogP contribution in [-0.4, -0.2) is 16.8 Å². The third-order valence-corrected chi connectivity index (χ3v) is 2.53. The molecule has 0 aliphatic heterocycles. The highest BCUT2D eigenvalue weighted by Gasteiger charge is 2.05. The van der Waals surface area contributed by atoms with E-state index >= 15 is 0 Å². The van der Waals surface area contributed by atoms with Crippen LogP contribution in [0.5, 0.6) is 5.75 Å². The first-order valence-electron chi connectivity index (χ1n) is 4.00. The van der Waals surface area contributed by atoms with E-state index in [9.17, 15) is 5.11 Å². The largest absolute Gasteiger partial charge is 0.506 e. The predicted octanol–water partition coefficient (Wildman–Crippen LogP) is 3.20. The molecule has 76 valence electrons. The lowest BCUT2D eigenvalue weighted by atomic mass is 10.1. The number of rotatable bonds is 2. The van der Waals surface area contributed by atoms with E-state index in [1.165, 1.54) is 0 Å². The van der Waals surface area contributed by atoms with Gasteiger partial charge in [0.2, 0.25) is 0 Å². The zero-order valence-corrected chi connectivity index (χ0v) is 9.93. The van der Waals surface area contributed by atoms with E-state index in [-0.39, 0.29) is 12.4 Å². The molecule has 4 heteroatoms. The number of hydrogen-bond acceptors (Lipinski definition) is 2. The summed E-state index contributed by atoms with van der Waals surface area (Å²) < 4.78 is 0.544. The average molecular weight is 278 g/mol. The van der Waals surface area contributed by atoms with Crippen molar-refractivity contribution in [3.8, 4) is 5.75 Å². The van der Waals surface area contributed by atoms with Crippen molar-refractivity contribution >= 4 is 33.6 Å². The highest BCUT2D eigenvalue weighted by molar-refractivity contribution is 9.10. The van der Waals surface area contributed by atoms with Crippen LogP contribution < -0.4 is 0 Å². The third kappa shape index (κ3) is 2.74. The summed E-state index contributed by atoms with van der Waals surface area (Å²) in [7, 11) is 0. The molecule has 0 bridgehead atoms. The minimum absolute atomic E-state index is 0.0381. The fraction of sp³-hybridized carbons (Fsp3) is 0.200. The van der Waals surface area contributed by atoms with Crippen molar-refractivity contribution in [2.45, 2.75) is 6.92 Å². The molecule has 0 atom stereocenters. The maximum absolute atomic E-state index is 9.63. The first-order chi connectivity index (χ1) is 6.54. The van der Waals surface area contributed by atoms with Gasteiger partial charge in [-0.1, -0.05) is 11.6 Å². The second-order valence-corrected chi connectivity index (χ2v) is 4.27. The van der Waals surface area contributed by atoms with Crippen LogP contribution in [0, 0.1) is 0 Å². The topological polar surface area (TPSA) is 40.5 Å². The summed E-state index contributed by atoms with van der Waals surface area (Å²) in [5.41, 5.74) is 1.35. The van der Waals surface area contributed by atoms with Gasteiger partial charge in [0.1, 0.15) is 5.75 Å². The van der Waals surface area contributed by atoms with E-state index in [1.807, 2.05) is 0 Å². The molecule has 0 saturated heterocycles. The summed E-state index contributed by atoms with van der Waals surface area (Å²) in [5, 5.41) is 19.0. The van der Waals surface area contributed by atoms with Crippen molar-refractivity contribution in [2.75, 3.05) is 6.61 Å². The Labute approximate surface area is 96.0 Å². The monoisotopic (exact) mass is 276 g/mol. The van der Waals surface area contributed by atoms with Crippen LogP contribution in [0.4, 0.5) is 0 Å². The van der Waals surface area contributed by atoms with Gasteiger partial charge in [-0.25, -0.2) is 0 Å². The number of hydrogen-bond donors (Lipinski definition) is 2. The molecule has 2 nitrogen and oxygen atoms in total. The lowest BCUT2D eigenvalue weighted by Crippen LogP contribution is -1.85. The van der Waals surface area contributed by atoms with Gasteiger partial charge in [0.15, 0.2) is 0 Å². The van der Waals surface area contributed by atoms with Crippen LogP contribution in [0.1, 0.15) is 12.5 Å². The minimum Gasteiger partial charge on any atom is -0.506 e. The summed E-state index contributed by atoms with van der Waals surface area (Å²) in [6.45, 7) is 1.73. The maximum atomic E-state index is 9.63. The molecule has 0 saturated carbocycles. The highest BCUT2D eigenvalue weighted by Crippen LogP contribution is 2.32. The second-order valence-electron chi connectivity index (χ2n) is 2.97. The molecular formula is C10H10BrClO2. The zero-order chi connectivity index (χ0) is 10.7. The quantitative estimate of drug-likeness (QED) is 0.871. The molecule has 14 heavy (non-hydrogen) atoms. The Morgan fingerprint density at radius 2 is 2.21 bits per heavy atom. The molecule has 0 unspecified atom stereocenters. The van der Waals surface area contributed by atoms with Gasteiger partial charge in [-0.15, -0.1) is 0 Å². The lowest BCUT2D eigenvalue weighted by molar-refractivity contribution is 0.332. The molecule has 1 aromatic rings. The molecule has 0 aliphatic rings. The van der Waals surface area contributed by atoms with Crippen LogP contribution >= 0.6 is 27.5 Å². The molecule has 0 amide bonds. The summed E-state index contributed by atoms with van der Waals surface area (Å²) in [6.07, 6.45) is 1.69. The normalized spacial score (nSPS) is 11.9. The highest BCUT2D eigenvalue weighted by atomic mass is 79.9. The summed E-state index contributed by atoms with van der Waals surface area (Å²) in [5.74, 6) is 0.127. The van der Waals surface area contributed by atoms with Gasteiger partial charge in [0, 0.05) is 10.6 Å². The predicted molar refractivity (Wildman–Crippen MR) is 61.6 cm³/mol. The van der Waals surface area contributed by atoms with Crippen LogP contribution in [0.3, 0.4) is 0 Å². The molecule has 0 spiro atoms. The van der Waals surface area contributed by atoms with Crippen LogP contribution in [0.15, 0.2) is 22.2 Å². The first-order valence-corrected chi connectivity index (χ1v) is 5.17. The smallest absolute Gasteiger partial charge is 0.137 e. The Balaban J connectivity index is 3.21. The number of phenolic OH excluding ortho intramolecular Hbond substituents is 1. The van der Waals surface area contributed by atoms with Gasteiger partial charge >= 0.3 is 0 Å². The lowest BCUT2D eigenvalue weighted by Gasteiger charge is -2.04. The van der Waals surface area contributed by atoms with E-state index < -0.39 is 0 Å². The fourth-order valence-corrected chi connectivity index (χ4v) is 1.84. The Bertz CT molecular complexity index is 375.